The number of carbonyl (C=O) groups is 1. The molecule has 0 aliphatic rings. The summed E-state index contributed by atoms with van der Waals surface area (Å²) >= 11 is 1.40. The highest BCUT2D eigenvalue weighted by Gasteiger charge is 2.32. The van der Waals surface area contributed by atoms with E-state index in [4.69, 9.17) is 0 Å². The van der Waals surface area contributed by atoms with Crippen molar-refractivity contribution in [1.29, 1.82) is 0 Å². The van der Waals surface area contributed by atoms with E-state index in [1.54, 1.807) is 23.7 Å². The summed E-state index contributed by atoms with van der Waals surface area (Å²) in [5.41, 5.74) is 3.55. The van der Waals surface area contributed by atoms with Gasteiger partial charge in [-0.1, -0.05) is 71.4 Å². The number of sulfonamides is 1. The summed E-state index contributed by atoms with van der Waals surface area (Å²) in [6.07, 6.45) is 1.88. The van der Waals surface area contributed by atoms with Crippen LogP contribution < -0.4 is 5.32 Å². The third-order valence-electron chi connectivity index (χ3n) is 7.42. The lowest BCUT2D eigenvalue weighted by molar-refractivity contribution is -0.127. The topological polar surface area (TPSA) is 99.6 Å². The number of hydrogen-bond acceptors (Lipinski definition) is 6. The molecule has 1 aromatic heterocycles. The Hall–Kier alpha value is -2.33. The first-order valence-corrected chi connectivity index (χ1v) is 16.2. The Bertz CT molecular complexity index is 1290. The molecule has 2 N–H and O–H groups in total. The first-order valence-electron chi connectivity index (χ1n) is 13.9. The van der Waals surface area contributed by atoms with Crippen LogP contribution in [0.2, 0.25) is 0 Å². The average molecular weight is 574 g/mol. The minimum atomic E-state index is -3.90. The highest BCUT2D eigenvalue weighted by molar-refractivity contribution is 7.89. The van der Waals surface area contributed by atoms with Crippen LogP contribution in [-0.2, 0) is 21.2 Å². The van der Waals surface area contributed by atoms with Gasteiger partial charge in [0.2, 0.25) is 15.9 Å². The molecule has 3 aromatic rings. The van der Waals surface area contributed by atoms with Crippen LogP contribution in [0.3, 0.4) is 0 Å². The third kappa shape index (κ3) is 8.58. The van der Waals surface area contributed by atoms with Gasteiger partial charge in [0.25, 0.3) is 0 Å². The molecule has 0 saturated heterocycles. The Morgan fingerprint density at radius 3 is 2.44 bits per heavy atom. The van der Waals surface area contributed by atoms with E-state index in [-0.39, 0.29) is 41.6 Å². The number of amides is 1. The fraction of sp³-hybridized carbons (Fsp3) is 0.533. The standard InChI is InChI=1S/C30H43N3O4S2/c1-6-10-22(4)18-33(39(36,37)25-14-16-27-29(17-25)38-20-31-27)19-28(34)26(32-30(35)23(5)21(2)3)15-13-24-11-8-7-9-12-24/h7-9,11-12,14,16-17,20-23,26,28,34H,6,10,13,15,18-19H2,1-5H3,(H,32,35)/t22-,23-,26-,28+/m0/s1. The minimum absolute atomic E-state index is 0.104. The van der Waals surface area contributed by atoms with Crippen molar-refractivity contribution < 1.29 is 18.3 Å². The van der Waals surface area contributed by atoms with Gasteiger partial charge in [-0.3, -0.25) is 4.79 Å². The zero-order chi connectivity index (χ0) is 28.6. The van der Waals surface area contributed by atoms with Crippen molar-refractivity contribution in [2.75, 3.05) is 13.1 Å². The van der Waals surface area contributed by atoms with Gasteiger partial charge in [-0.2, -0.15) is 4.31 Å². The molecule has 39 heavy (non-hydrogen) atoms. The minimum Gasteiger partial charge on any atom is -0.390 e. The van der Waals surface area contributed by atoms with Crippen LogP contribution in [0.4, 0.5) is 0 Å². The number of nitrogens with zero attached hydrogens (tertiary/aromatic N) is 2. The van der Waals surface area contributed by atoms with E-state index in [0.29, 0.717) is 12.8 Å². The molecule has 0 unspecified atom stereocenters. The number of nitrogens with one attached hydrogen (secondary N) is 1. The van der Waals surface area contributed by atoms with Crippen LogP contribution in [-0.4, -0.2) is 54.0 Å². The second kappa shape index (κ2) is 14.3. The number of fused-ring (bicyclic) bond motifs is 1. The molecule has 0 fully saturated rings. The average Bonchev–Trinajstić information content (AvgIpc) is 3.38. The summed E-state index contributed by atoms with van der Waals surface area (Å²) in [5.74, 6) is -0.105. The van der Waals surface area contributed by atoms with Crippen LogP contribution in [0.15, 0.2) is 58.9 Å². The van der Waals surface area contributed by atoms with E-state index in [2.05, 4.69) is 17.2 Å². The van der Waals surface area contributed by atoms with Crippen LogP contribution >= 0.6 is 11.3 Å². The van der Waals surface area contributed by atoms with Crippen molar-refractivity contribution in [2.24, 2.45) is 17.8 Å². The number of aliphatic hydroxyl groups excluding tert-OH is 1. The van der Waals surface area contributed by atoms with Gasteiger partial charge in [-0.05, 0) is 54.9 Å². The molecule has 3 rings (SSSR count). The number of benzene rings is 2. The van der Waals surface area contributed by atoms with Gasteiger partial charge in [-0.25, -0.2) is 13.4 Å². The molecule has 9 heteroatoms. The normalized spacial score (nSPS) is 15.4. The first kappa shape index (κ1) is 31.2. The van der Waals surface area contributed by atoms with Crippen molar-refractivity contribution in [2.45, 2.75) is 77.3 Å². The molecule has 0 spiro atoms. The van der Waals surface area contributed by atoms with Gasteiger partial charge in [0.05, 0.1) is 32.8 Å². The van der Waals surface area contributed by atoms with Crippen molar-refractivity contribution in [3.63, 3.8) is 0 Å². The molecule has 0 bridgehead atoms. The Morgan fingerprint density at radius 2 is 1.77 bits per heavy atom. The summed E-state index contributed by atoms with van der Waals surface area (Å²) in [6.45, 7) is 10.1. The zero-order valence-electron chi connectivity index (χ0n) is 23.7. The van der Waals surface area contributed by atoms with Crippen molar-refractivity contribution in [1.82, 2.24) is 14.6 Å². The van der Waals surface area contributed by atoms with Crippen molar-refractivity contribution in [3.05, 3.63) is 59.6 Å². The summed E-state index contributed by atoms with van der Waals surface area (Å²) in [5, 5.41) is 14.5. The second-order valence-corrected chi connectivity index (χ2v) is 13.8. The molecule has 7 nitrogen and oxygen atoms in total. The van der Waals surface area contributed by atoms with Gasteiger partial charge in [-0.15, -0.1) is 11.3 Å². The monoisotopic (exact) mass is 573 g/mol. The summed E-state index contributed by atoms with van der Waals surface area (Å²) in [7, 11) is -3.90. The van der Waals surface area contributed by atoms with Crippen molar-refractivity contribution in [3.8, 4) is 0 Å². The largest absolute Gasteiger partial charge is 0.390 e. The number of hydrogen-bond donors (Lipinski definition) is 2. The van der Waals surface area contributed by atoms with Gasteiger partial charge in [0.15, 0.2) is 0 Å². The summed E-state index contributed by atoms with van der Waals surface area (Å²) < 4.78 is 30.0. The fourth-order valence-electron chi connectivity index (χ4n) is 4.63. The number of aryl methyl sites for hydroxylation is 1. The quantitative estimate of drug-likeness (QED) is 0.250. The predicted molar refractivity (Wildman–Crippen MR) is 159 cm³/mol. The smallest absolute Gasteiger partial charge is 0.243 e. The molecule has 0 radical (unpaired) electrons. The summed E-state index contributed by atoms with van der Waals surface area (Å²) in [6, 6.07) is 14.3. The summed E-state index contributed by atoms with van der Waals surface area (Å²) in [4.78, 5) is 17.5. The molecular weight excluding hydrogens is 530 g/mol. The van der Waals surface area contributed by atoms with Crippen LogP contribution in [0, 0.1) is 17.8 Å². The second-order valence-electron chi connectivity index (χ2n) is 10.9. The molecule has 0 aliphatic carbocycles. The number of thiazole rings is 1. The van der Waals surface area contributed by atoms with Crippen LogP contribution in [0.25, 0.3) is 10.2 Å². The maximum atomic E-state index is 13.9. The molecule has 214 valence electrons. The van der Waals surface area contributed by atoms with E-state index >= 15 is 0 Å². The van der Waals surface area contributed by atoms with E-state index < -0.39 is 22.2 Å². The number of carbonyl (C=O) groups excluding carboxylic acids is 1. The first-order chi connectivity index (χ1) is 18.5. The lowest BCUT2D eigenvalue weighted by Gasteiger charge is -2.32. The number of rotatable bonds is 15. The highest BCUT2D eigenvalue weighted by atomic mass is 32.2. The Kier molecular flexibility index (Phi) is 11.5. The lowest BCUT2D eigenvalue weighted by atomic mass is 9.95. The lowest BCUT2D eigenvalue weighted by Crippen LogP contribution is -2.51. The van der Waals surface area contributed by atoms with Crippen molar-refractivity contribution >= 4 is 37.5 Å². The molecule has 0 aliphatic heterocycles. The Morgan fingerprint density at radius 1 is 1.05 bits per heavy atom. The molecule has 4 atom stereocenters. The molecular formula is C30H43N3O4S2. The van der Waals surface area contributed by atoms with Gasteiger partial charge in [0.1, 0.15) is 0 Å². The fourth-order valence-corrected chi connectivity index (χ4v) is 7.02. The zero-order valence-corrected chi connectivity index (χ0v) is 25.3. The molecule has 1 amide bonds. The van der Waals surface area contributed by atoms with E-state index in [1.165, 1.54) is 15.6 Å². The van der Waals surface area contributed by atoms with Gasteiger partial charge < -0.3 is 10.4 Å². The number of aromatic nitrogens is 1. The SMILES string of the molecule is CCC[C@H](C)CN(C[C@@H](O)[C@H](CCc1ccccc1)NC(=O)[C@@H](C)C(C)C)S(=O)(=O)c1ccc2ncsc2c1. The molecule has 2 aromatic carbocycles. The van der Waals surface area contributed by atoms with Crippen LogP contribution in [0.1, 0.15) is 59.4 Å². The van der Waals surface area contributed by atoms with E-state index in [1.807, 2.05) is 58.0 Å². The maximum absolute atomic E-state index is 13.9. The number of aliphatic hydroxyl groups is 1. The van der Waals surface area contributed by atoms with Gasteiger partial charge in [0, 0.05) is 19.0 Å². The van der Waals surface area contributed by atoms with E-state index in [9.17, 15) is 18.3 Å². The highest BCUT2D eigenvalue weighted by Crippen LogP contribution is 2.26. The maximum Gasteiger partial charge on any atom is 0.243 e. The van der Waals surface area contributed by atoms with E-state index in [0.717, 1.165) is 28.6 Å². The van der Waals surface area contributed by atoms with Crippen LogP contribution in [0.5, 0.6) is 0 Å². The molecule has 1 heterocycles. The molecule has 0 saturated carbocycles. The third-order valence-corrected chi connectivity index (χ3v) is 10.0. The Balaban J connectivity index is 1.88. The predicted octanol–water partition coefficient (Wildman–Crippen LogP) is 5.49. The van der Waals surface area contributed by atoms with Gasteiger partial charge >= 0.3 is 0 Å². The Labute approximate surface area is 237 Å².